The van der Waals surface area contributed by atoms with Gasteiger partial charge >= 0.3 is 0 Å². The summed E-state index contributed by atoms with van der Waals surface area (Å²) in [5, 5.41) is 2.93. The van der Waals surface area contributed by atoms with Gasteiger partial charge < -0.3 is 9.88 Å². The molecule has 130 valence electrons. The molecule has 24 heavy (non-hydrogen) atoms. The van der Waals surface area contributed by atoms with Crippen LogP contribution in [0.4, 0.5) is 0 Å². The highest BCUT2D eigenvalue weighted by Crippen LogP contribution is 2.49. The van der Waals surface area contributed by atoms with Crippen LogP contribution in [0.3, 0.4) is 0 Å². The molecule has 3 aliphatic rings. The number of aliphatic imine (C=N–C) groups is 1. The van der Waals surface area contributed by atoms with Crippen molar-refractivity contribution in [2.45, 2.75) is 36.8 Å². The minimum absolute atomic E-state index is 0.0555. The Kier molecular flexibility index (Phi) is 3.37. The first-order valence-corrected chi connectivity index (χ1v) is 9.69. The summed E-state index contributed by atoms with van der Waals surface area (Å²) in [4.78, 5) is 21.2. The van der Waals surface area contributed by atoms with Crippen molar-refractivity contribution < 1.29 is 13.2 Å². The Balaban J connectivity index is 1.63. The quantitative estimate of drug-likeness (QED) is 0.837. The Labute approximate surface area is 141 Å². The van der Waals surface area contributed by atoms with Gasteiger partial charge in [-0.05, 0) is 18.8 Å². The molecule has 1 aromatic heterocycles. The maximum atomic E-state index is 12.8. The van der Waals surface area contributed by atoms with E-state index in [0.717, 1.165) is 6.42 Å². The fraction of sp³-hybridized carbons (Fsp3) is 0.667. The summed E-state index contributed by atoms with van der Waals surface area (Å²) >= 11 is 0. The molecule has 1 saturated heterocycles. The number of carbonyl (C=O) groups excluding carboxylic acids is 1. The fourth-order valence-corrected chi connectivity index (χ4v) is 5.74. The SMILES string of the molecule is CCC1=N[C@@]2(CC[C@@H]3CN(S(=O)(=O)c4cn(C)cn4)C[C@@H]32)C(=O)N1. The monoisotopic (exact) mass is 351 g/mol. The third-order valence-corrected chi connectivity index (χ3v) is 7.24. The van der Waals surface area contributed by atoms with Crippen molar-refractivity contribution in [1.29, 1.82) is 0 Å². The van der Waals surface area contributed by atoms with Crippen molar-refractivity contribution in [1.82, 2.24) is 19.2 Å². The molecule has 1 aliphatic carbocycles. The lowest BCUT2D eigenvalue weighted by Crippen LogP contribution is -2.45. The molecular weight excluding hydrogens is 330 g/mol. The number of fused-ring (bicyclic) bond motifs is 2. The molecule has 1 aromatic rings. The van der Waals surface area contributed by atoms with E-state index >= 15 is 0 Å². The van der Waals surface area contributed by atoms with E-state index in [1.54, 1.807) is 11.6 Å². The molecule has 1 saturated carbocycles. The maximum Gasteiger partial charge on any atom is 0.262 e. The van der Waals surface area contributed by atoms with Gasteiger partial charge in [0.05, 0.1) is 6.33 Å². The molecule has 3 atom stereocenters. The van der Waals surface area contributed by atoms with Crippen LogP contribution in [-0.2, 0) is 21.9 Å². The Hall–Kier alpha value is -1.74. The number of carbonyl (C=O) groups is 1. The molecule has 0 radical (unpaired) electrons. The summed E-state index contributed by atoms with van der Waals surface area (Å²) in [5.41, 5.74) is -0.773. The van der Waals surface area contributed by atoms with Crippen molar-refractivity contribution >= 4 is 21.8 Å². The zero-order chi connectivity index (χ0) is 17.1. The molecule has 2 aliphatic heterocycles. The van der Waals surface area contributed by atoms with Crippen LogP contribution in [0.5, 0.6) is 0 Å². The van der Waals surface area contributed by atoms with E-state index in [1.807, 2.05) is 6.92 Å². The summed E-state index contributed by atoms with van der Waals surface area (Å²) in [6, 6.07) is 0. The number of aromatic nitrogens is 2. The summed E-state index contributed by atoms with van der Waals surface area (Å²) < 4.78 is 28.7. The van der Waals surface area contributed by atoms with Gasteiger partial charge in [0.2, 0.25) is 0 Å². The van der Waals surface area contributed by atoms with Crippen molar-refractivity contribution in [3.63, 3.8) is 0 Å². The first-order valence-electron chi connectivity index (χ1n) is 8.25. The molecule has 0 aromatic carbocycles. The van der Waals surface area contributed by atoms with E-state index in [4.69, 9.17) is 0 Å². The normalized spacial score (nSPS) is 33.1. The zero-order valence-electron chi connectivity index (χ0n) is 13.8. The predicted molar refractivity (Wildman–Crippen MR) is 86.8 cm³/mol. The minimum atomic E-state index is -3.62. The molecular formula is C15H21N5O3S. The predicted octanol–water partition coefficient (Wildman–Crippen LogP) is 0.128. The number of nitrogens with one attached hydrogen (secondary N) is 1. The fourth-order valence-electron chi connectivity index (χ4n) is 4.25. The van der Waals surface area contributed by atoms with Crippen LogP contribution >= 0.6 is 0 Å². The van der Waals surface area contributed by atoms with Crippen LogP contribution in [0, 0.1) is 11.8 Å². The third kappa shape index (κ3) is 2.07. The van der Waals surface area contributed by atoms with E-state index in [9.17, 15) is 13.2 Å². The summed E-state index contributed by atoms with van der Waals surface area (Å²) in [5.74, 6) is 0.768. The molecule has 4 rings (SSSR count). The lowest BCUT2D eigenvalue weighted by molar-refractivity contribution is -0.124. The highest BCUT2D eigenvalue weighted by atomic mass is 32.2. The van der Waals surface area contributed by atoms with Gasteiger partial charge in [-0.3, -0.25) is 9.79 Å². The Bertz CT molecular complexity index is 830. The van der Waals surface area contributed by atoms with Gasteiger partial charge in [-0.1, -0.05) is 6.92 Å². The molecule has 9 heteroatoms. The van der Waals surface area contributed by atoms with Crippen LogP contribution < -0.4 is 5.32 Å². The number of rotatable bonds is 3. The van der Waals surface area contributed by atoms with Crippen molar-refractivity contribution in [2.75, 3.05) is 13.1 Å². The molecule has 0 bridgehead atoms. The number of sulfonamides is 1. The second-order valence-corrected chi connectivity index (χ2v) is 8.78. The van der Waals surface area contributed by atoms with Crippen LogP contribution in [0.2, 0.25) is 0 Å². The molecule has 2 fully saturated rings. The Morgan fingerprint density at radius 2 is 2.21 bits per heavy atom. The van der Waals surface area contributed by atoms with Gasteiger partial charge in [0.15, 0.2) is 5.03 Å². The highest BCUT2D eigenvalue weighted by Gasteiger charge is 2.60. The number of nitrogens with zero attached hydrogens (tertiary/aromatic N) is 4. The van der Waals surface area contributed by atoms with E-state index < -0.39 is 15.6 Å². The highest BCUT2D eigenvalue weighted by molar-refractivity contribution is 7.89. The molecule has 0 unspecified atom stereocenters. The lowest BCUT2D eigenvalue weighted by Gasteiger charge is -2.25. The second kappa shape index (κ2) is 5.13. The molecule has 1 spiro atoms. The van der Waals surface area contributed by atoms with Crippen molar-refractivity contribution in [2.24, 2.45) is 23.9 Å². The van der Waals surface area contributed by atoms with Gasteiger partial charge in [0, 0.05) is 38.7 Å². The summed E-state index contributed by atoms with van der Waals surface area (Å²) in [6.45, 7) is 2.73. The van der Waals surface area contributed by atoms with E-state index in [-0.39, 0.29) is 22.8 Å². The van der Waals surface area contributed by atoms with E-state index in [0.29, 0.717) is 31.8 Å². The number of amidine groups is 1. The van der Waals surface area contributed by atoms with Gasteiger partial charge in [-0.15, -0.1) is 0 Å². The van der Waals surface area contributed by atoms with Crippen LogP contribution in [0.25, 0.3) is 0 Å². The minimum Gasteiger partial charge on any atom is -0.339 e. The number of imidazole rings is 1. The summed E-state index contributed by atoms with van der Waals surface area (Å²) in [7, 11) is -1.88. The van der Waals surface area contributed by atoms with E-state index in [1.165, 1.54) is 16.8 Å². The van der Waals surface area contributed by atoms with Crippen molar-refractivity contribution in [3.8, 4) is 0 Å². The van der Waals surface area contributed by atoms with E-state index in [2.05, 4.69) is 15.3 Å². The first-order chi connectivity index (χ1) is 11.4. The number of hydrogen-bond donors (Lipinski definition) is 1. The molecule has 3 heterocycles. The Morgan fingerprint density at radius 3 is 2.83 bits per heavy atom. The molecule has 8 nitrogen and oxygen atoms in total. The number of aryl methyl sites for hydroxylation is 1. The number of amides is 1. The number of hydrogen-bond acceptors (Lipinski definition) is 5. The van der Waals surface area contributed by atoms with Crippen LogP contribution in [0.15, 0.2) is 22.5 Å². The maximum absolute atomic E-state index is 12.8. The van der Waals surface area contributed by atoms with Gasteiger partial charge in [-0.2, -0.15) is 4.31 Å². The molecule has 1 amide bonds. The lowest BCUT2D eigenvalue weighted by atomic mass is 9.85. The van der Waals surface area contributed by atoms with Crippen LogP contribution in [0.1, 0.15) is 26.2 Å². The van der Waals surface area contributed by atoms with Crippen molar-refractivity contribution in [3.05, 3.63) is 12.5 Å². The van der Waals surface area contributed by atoms with Gasteiger partial charge in [0.1, 0.15) is 11.4 Å². The summed E-state index contributed by atoms with van der Waals surface area (Å²) in [6.07, 6.45) is 5.20. The average Bonchev–Trinajstić information content (AvgIpc) is 3.26. The zero-order valence-corrected chi connectivity index (χ0v) is 14.6. The van der Waals surface area contributed by atoms with Gasteiger partial charge in [0.25, 0.3) is 15.9 Å². The average molecular weight is 351 g/mol. The smallest absolute Gasteiger partial charge is 0.262 e. The topological polar surface area (TPSA) is 96.7 Å². The first kappa shape index (κ1) is 15.8. The Morgan fingerprint density at radius 1 is 1.42 bits per heavy atom. The molecule has 1 N–H and O–H groups in total. The standard InChI is InChI=1S/C15H21N5O3S/c1-3-12-17-14(21)15(18-12)5-4-10-6-20(7-11(10)15)24(22,23)13-8-19(2)9-16-13/h8-11H,3-7H2,1-2H3,(H,17,18,21)/t10-,11+,15-/m1/s1. The van der Waals surface area contributed by atoms with Gasteiger partial charge in [-0.25, -0.2) is 13.4 Å². The largest absolute Gasteiger partial charge is 0.339 e. The third-order valence-electron chi connectivity index (χ3n) is 5.52. The second-order valence-electron chi connectivity index (χ2n) is 6.90. The van der Waals surface area contributed by atoms with Crippen LogP contribution in [-0.4, -0.2) is 52.6 Å².